The van der Waals surface area contributed by atoms with Gasteiger partial charge in [-0.05, 0) is 21.0 Å². The van der Waals surface area contributed by atoms with Crippen molar-refractivity contribution in [2.45, 2.75) is 6.92 Å². The lowest BCUT2D eigenvalue weighted by Crippen LogP contribution is -2.15. The third-order valence-corrected chi connectivity index (χ3v) is 0.547. The molecule has 3 nitrogen and oxygen atoms in total. The van der Waals surface area contributed by atoms with E-state index in [0.29, 0.717) is 0 Å². The molecule has 0 radical (unpaired) electrons. The number of aliphatic hydroxyl groups is 2. The van der Waals surface area contributed by atoms with Gasteiger partial charge in [-0.2, -0.15) is 0 Å². The van der Waals surface area contributed by atoms with Gasteiger partial charge in [-0.1, -0.05) is 0 Å². The fourth-order valence-corrected chi connectivity index (χ4v) is 0.200. The normalized spacial score (nSPS) is 8.67. The Morgan fingerprint density at radius 2 is 1.56 bits per heavy atom. The van der Waals surface area contributed by atoms with Crippen LogP contribution in [0.4, 0.5) is 0 Å². The molecule has 0 aliphatic rings. The molecule has 0 fully saturated rings. The lowest BCUT2D eigenvalue weighted by atomic mass is 10.6. The molecule has 0 unspecified atom stereocenters. The fraction of sp³-hybridized carbons (Fsp3) is 1.00. The molecule has 0 rings (SSSR count). The summed E-state index contributed by atoms with van der Waals surface area (Å²) in [5.41, 5.74) is 0. The first-order chi connectivity index (χ1) is 4.18. The lowest BCUT2D eigenvalue weighted by molar-refractivity contribution is 0.243. The summed E-state index contributed by atoms with van der Waals surface area (Å²) in [5.74, 6) is 0. The van der Waals surface area contributed by atoms with Crippen molar-refractivity contribution in [1.29, 1.82) is 0 Å². The highest BCUT2D eigenvalue weighted by molar-refractivity contribution is 4.34. The van der Waals surface area contributed by atoms with Crippen molar-refractivity contribution in [1.82, 2.24) is 4.90 Å². The molecule has 9 heavy (non-hydrogen) atoms. The first-order valence-corrected chi connectivity index (χ1v) is 3.05. The van der Waals surface area contributed by atoms with Gasteiger partial charge in [0, 0.05) is 13.2 Å². The van der Waals surface area contributed by atoms with E-state index in [2.05, 4.69) is 0 Å². The molecule has 3 heteroatoms. The maximum Gasteiger partial charge on any atom is 0.0558 e. The molecule has 0 spiro atoms. The summed E-state index contributed by atoms with van der Waals surface area (Å²) in [7, 11) is 3.85. The van der Waals surface area contributed by atoms with Crippen LogP contribution in [0, 0.1) is 0 Å². The SMILES string of the molecule is CCO.CN(C)CCO. The Labute approximate surface area is 56.9 Å². The van der Waals surface area contributed by atoms with Crippen LogP contribution in [0.5, 0.6) is 0 Å². The van der Waals surface area contributed by atoms with E-state index in [1.54, 1.807) is 6.92 Å². The van der Waals surface area contributed by atoms with E-state index in [0.717, 1.165) is 6.54 Å². The highest BCUT2D eigenvalue weighted by atomic mass is 16.3. The summed E-state index contributed by atoms with van der Waals surface area (Å²) in [4.78, 5) is 1.93. The standard InChI is InChI=1S/C4H11NO.C2H6O/c1-5(2)3-4-6;1-2-3/h6H,3-4H2,1-2H3;3H,2H2,1H3. The predicted octanol–water partition coefficient (Wildman–Crippen LogP) is -0.461. The fourth-order valence-electron chi connectivity index (χ4n) is 0.200. The monoisotopic (exact) mass is 135 g/mol. The number of nitrogens with zero attached hydrogens (tertiary/aromatic N) is 1. The number of hydrogen-bond acceptors (Lipinski definition) is 3. The van der Waals surface area contributed by atoms with Crippen LogP contribution in [0.1, 0.15) is 6.92 Å². The third-order valence-electron chi connectivity index (χ3n) is 0.547. The molecule has 0 aromatic carbocycles. The van der Waals surface area contributed by atoms with Crippen molar-refractivity contribution < 1.29 is 10.2 Å². The minimum atomic E-state index is 0.250. The molecule has 0 saturated heterocycles. The average molecular weight is 135 g/mol. The van der Waals surface area contributed by atoms with Crippen LogP contribution in [-0.4, -0.2) is 49.0 Å². The van der Waals surface area contributed by atoms with E-state index in [-0.39, 0.29) is 13.2 Å². The molecular formula is C6H17NO2. The highest BCUT2D eigenvalue weighted by Gasteiger charge is 1.80. The van der Waals surface area contributed by atoms with Gasteiger partial charge in [-0.25, -0.2) is 0 Å². The summed E-state index contributed by atoms with van der Waals surface area (Å²) in [6, 6.07) is 0. The second kappa shape index (κ2) is 10.8. The molecular weight excluding hydrogens is 118 g/mol. The van der Waals surface area contributed by atoms with Gasteiger partial charge >= 0.3 is 0 Å². The van der Waals surface area contributed by atoms with Gasteiger partial charge in [0.2, 0.25) is 0 Å². The number of hydrogen-bond donors (Lipinski definition) is 2. The summed E-state index contributed by atoms with van der Waals surface area (Å²) in [5, 5.41) is 15.8. The second-order valence-electron chi connectivity index (χ2n) is 1.84. The Morgan fingerprint density at radius 1 is 1.22 bits per heavy atom. The molecule has 0 saturated carbocycles. The Kier molecular flexibility index (Phi) is 14.0. The molecule has 2 N–H and O–H groups in total. The van der Waals surface area contributed by atoms with Gasteiger partial charge in [0.25, 0.3) is 0 Å². The van der Waals surface area contributed by atoms with Crippen molar-refractivity contribution in [3.63, 3.8) is 0 Å². The zero-order valence-electron chi connectivity index (χ0n) is 6.46. The van der Waals surface area contributed by atoms with Crippen LogP contribution in [0.2, 0.25) is 0 Å². The smallest absolute Gasteiger partial charge is 0.0558 e. The van der Waals surface area contributed by atoms with Gasteiger partial charge in [-0.3, -0.25) is 0 Å². The van der Waals surface area contributed by atoms with E-state index >= 15 is 0 Å². The Hall–Kier alpha value is -0.120. The third kappa shape index (κ3) is 32.8. The van der Waals surface area contributed by atoms with Crippen molar-refractivity contribution in [3.05, 3.63) is 0 Å². The van der Waals surface area contributed by atoms with E-state index in [4.69, 9.17) is 10.2 Å². The first kappa shape index (κ1) is 11.6. The Balaban J connectivity index is 0. The predicted molar refractivity (Wildman–Crippen MR) is 38.4 cm³/mol. The van der Waals surface area contributed by atoms with Crippen LogP contribution in [0.3, 0.4) is 0 Å². The van der Waals surface area contributed by atoms with Crippen LogP contribution in [-0.2, 0) is 0 Å². The van der Waals surface area contributed by atoms with Gasteiger partial charge in [0.05, 0.1) is 6.61 Å². The molecule has 0 aliphatic heterocycles. The summed E-state index contributed by atoms with van der Waals surface area (Å²) >= 11 is 0. The molecule has 0 heterocycles. The average Bonchev–Trinajstić information content (AvgIpc) is 1.67. The van der Waals surface area contributed by atoms with Crippen LogP contribution in [0.15, 0.2) is 0 Å². The molecule has 0 aromatic heterocycles. The van der Waals surface area contributed by atoms with Crippen molar-refractivity contribution in [2.24, 2.45) is 0 Å². The molecule has 0 aliphatic carbocycles. The topological polar surface area (TPSA) is 43.7 Å². The summed E-state index contributed by atoms with van der Waals surface area (Å²) < 4.78 is 0. The molecule has 0 bridgehead atoms. The van der Waals surface area contributed by atoms with Gasteiger partial charge in [-0.15, -0.1) is 0 Å². The minimum absolute atomic E-state index is 0.250. The highest BCUT2D eigenvalue weighted by Crippen LogP contribution is 1.66. The lowest BCUT2D eigenvalue weighted by Gasteiger charge is -2.03. The quantitative estimate of drug-likeness (QED) is 0.538. The van der Waals surface area contributed by atoms with Crippen LogP contribution in [0.25, 0.3) is 0 Å². The minimum Gasteiger partial charge on any atom is -0.397 e. The van der Waals surface area contributed by atoms with E-state index < -0.39 is 0 Å². The van der Waals surface area contributed by atoms with Gasteiger partial charge in [0.1, 0.15) is 0 Å². The number of aliphatic hydroxyl groups excluding tert-OH is 2. The molecule has 0 aromatic rings. The van der Waals surface area contributed by atoms with Crippen molar-refractivity contribution in [3.8, 4) is 0 Å². The first-order valence-electron chi connectivity index (χ1n) is 3.05. The molecule has 0 atom stereocenters. The molecule has 0 amide bonds. The van der Waals surface area contributed by atoms with E-state index in [1.165, 1.54) is 0 Å². The largest absolute Gasteiger partial charge is 0.397 e. The number of rotatable bonds is 2. The Bertz CT molecular complexity index is 40.0. The van der Waals surface area contributed by atoms with Gasteiger partial charge < -0.3 is 15.1 Å². The maximum absolute atomic E-state index is 8.20. The maximum atomic E-state index is 8.20. The zero-order chi connectivity index (χ0) is 7.70. The van der Waals surface area contributed by atoms with Crippen molar-refractivity contribution >= 4 is 0 Å². The van der Waals surface area contributed by atoms with E-state index in [1.807, 2.05) is 19.0 Å². The second-order valence-corrected chi connectivity index (χ2v) is 1.84. The van der Waals surface area contributed by atoms with Crippen LogP contribution < -0.4 is 0 Å². The van der Waals surface area contributed by atoms with Crippen LogP contribution >= 0.6 is 0 Å². The number of likely N-dealkylation sites (N-methyl/N-ethyl adjacent to an activating group) is 1. The van der Waals surface area contributed by atoms with Crippen molar-refractivity contribution in [2.75, 3.05) is 33.9 Å². The Morgan fingerprint density at radius 3 is 1.56 bits per heavy atom. The van der Waals surface area contributed by atoms with E-state index in [9.17, 15) is 0 Å². The van der Waals surface area contributed by atoms with Gasteiger partial charge in [0.15, 0.2) is 0 Å². The zero-order valence-corrected chi connectivity index (χ0v) is 6.46. The summed E-state index contributed by atoms with van der Waals surface area (Å²) in [6.07, 6.45) is 0. The summed E-state index contributed by atoms with van der Waals surface area (Å²) in [6.45, 7) is 2.95. The molecule has 58 valence electrons.